The van der Waals surface area contributed by atoms with Crippen molar-refractivity contribution >= 4 is 22.7 Å². The van der Waals surface area contributed by atoms with E-state index in [9.17, 15) is 9.59 Å². The zero-order valence-electron chi connectivity index (χ0n) is 16.6. The highest BCUT2D eigenvalue weighted by molar-refractivity contribution is 5.99. The number of rotatable bonds is 7. The Labute approximate surface area is 173 Å². The van der Waals surface area contributed by atoms with Gasteiger partial charge in [-0.1, -0.05) is 37.3 Å². The highest BCUT2D eigenvalue weighted by Crippen LogP contribution is 2.54. The minimum Gasteiger partial charge on any atom is -0.489 e. The largest absolute Gasteiger partial charge is 0.489 e. The number of hydrogen-bond donors (Lipinski definition) is 3. The van der Waals surface area contributed by atoms with Gasteiger partial charge in [-0.3, -0.25) is 19.8 Å². The molecule has 0 bridgehead atoms. The lowest BCUT2D eigenvalue weighted by molar-refractivity contribution is -0.132. The number of nitrogens with one attached hydrogen (secondary N) is 1. The second-order valence-corrected chi connectivity index (χ2v) is 7.52. The highest BCUT2D eigenvalue weighted by Gasteiger charge is 2.63. The van der Waals surface area contributed by atoms with E-state index in [1.807, 2.05) is 24.3 Å². The molecule has 4 N–H and O–H groups in total. The van der Waals surface area contributed by atoms with E-state index >= 15 is 0 Å². The van der Waals surface area contributed by atoms with Crippen molar-refractivity contribution in [3.8, 4) is 5.75 Å². The summed E-state index contributed by atoms with van der Waals surface area (Å²) in [5.41, 5.74) is 9.72. The Morgan fingerprint density at radius 1 is 1.23 bits per heavy atom. The monoisotopic (exact) mass is 405 g/mol. The third kappa shape index (κ3) is 3.37. The number of aryl methyl sites for hydroxylation is 1. The number of para-hydroxylation sites is 1. The normalized spacial score (nSPS) is 20.0. The second kappa shape index (κ2) is 7.76. The second-order valence-electron chi connectivity index (χ2n) is 7.52. The molecule has 30 heavy (non-hydrogen) atoms. The molecule has 1 heterocycles. The van der Waals surface area contributed by atoms with Gasteiger partial charge in [0.05, 0.1) is 16.8 Å². The molecule has 1 aromatic heterocycles. The third-order valence-corrected chi connectivity index (χ3v) is 5.81. The van der Waals surface area contributed by atoms with Crippen LogP contribution in [0.2, 0.25) is 0 Å². The van der Waals surface area contributed by atoms with E-state index in [0.717, 1.165) is 28.6 Å². The summed E-state index contributed by atoms with van der Waals surface area (Å²) in [6.45, 7) is 2.45. The molecule has 1 aliphatic carbocycles. The number of hydrogen-bond acceptors (Lipinski definition) is 5. The van der Waals surface area contributed by atoms with Crippen molar-refractivity contribution in [2.45, 2.75) is 31.8 Å². The Morgan fingerprint density at radius 3 is 2.63 bits per heavy atom. The first-order valence-electron chi connectivity index (χ1n) is 9.84. The van der Waals surface area contributed by atoms with Crippen molar-refractivity contribution in [2.24, 2.45) is 11.7 Å². The zero-order valence-corrected chi connectivity index (χ0v) is 16.6. The lowest BCUT2D eigenvalue weighted by atomic mass is 9.92. The summed E-state index contributed by atoms with van der Waals surface area (Å²) in [6, 6.07) is 17.0. The lowest BCUT2D eigenvalue weighted by Gasteiger charge is -2.15. The van der Waals surface area contributed by atoms with Gasteiger partial charge in [-0.25, -0.2) is 5.48 Å². The number of aromatic nitrogens is 1. The average molecular weight is 405 g/mol. The van der Waals surface area contributed by atoms with E-state index < -0.39 is 23.1 Å². The van der Waals surface area contributed by atoms with Gasteiger partial charge in [0.15, 0.2) is 0 Å². The van der Waals surface area contributed by atoms with Crippen LogP contribution in [0.5, 0.6) is 5.75 Å². The van der Waals surface area contributed by atoms with E-state index in [2.05, 4.69) is 18.0 Å². The summed E-state index contributed by atoms with van der Waals surface area (Å²) >= 11 is 0. The van der Waals surface area contributed by atoms with Gasteiger partial charge in [-0.15, -0.1) is 0 Å². The molecule has 0 aliphatic heterocycles. The van der Waals surface area contributed by atoms with E-state index in [0.29, 0.717) is 17.9 Å². The molecule has 154 valence electrons. The van der Waals surface area contributed by atoms with Crippen molar-refractivity contribution in [1.82, 2.24) is 10.5 Å². The van der Waals surface area contributed by atoms with Crippen molar-refractivity contribution < 1.29 is 19.5 Å². The molecule has 7 heteroatoms. The predicted octanol–water partition coefficient (Wildman–Crippen LogP) is 2.62. The summed E-state index contributed by atoms with van der Waals surface area (Å²) < 4.78 is 5.98. The van der Waals surface area contributed by atoms with Crippen molar-refractivity contribution in [2.75, 3.05) is 0 Å². The molecule has 4 rings (SSSR count). The number of primary amides is 1. The maximum Gasteiger partial charge on any atom is 0.247 e. The number of nitrogens with two attached hydrogens (primary N) is 1. The van der Waals surface area contributed by atoms with E-state index in [4.69, 9.17) is 15.7 Å². The maximum atomic E-state index is 12.0. The highest BCUT2D eigenvalue weighted by atomic mass is 16.5. The number of hydroxylamine groups is 1. The van der Waals surface area contributed by atoms with Gasteiger partial charge in [-0.05, 0) is 42.7 Å². The van der Waals surface area contributed by atoms with Crippen LogP contribution in [0.1, 0.15) is 30.2 Å². The van der Waals surface area contributed by atoms with Crippen LogP contribution in [0.25, 0.3) is 10.9 Å². The number of nitrogens with zero attached hydrogens (tertiary/aromatic N) is 1. The minimum absolute atomic E-state index is 0.276. The summed E-state index contributed by atoms with van der Waals surface area (Å²) in [5, 5.41) is 9.92. The SMILES string of the molecule is CCc1cc(COc2ccc([C@]3(C(N)=O)C[C@@H]3C(=O)NO)cc2)c2ccccc2n1. The van der Waals surface area contributed by atoms with Gasteiger partial charge in [0.25, 0.3) is 0 Å². The summed E-state index contributed by atoms with van der Waals surface area (Å²) in [7, 11) is 0. The van der Waals surface area contributed by atoms with Gasteiger partial charge in [-0.2, -0.15) is 0 Å². The van der Waals surface area contributed by atoms with Crippen LogP contribution in [0.15, 0.2) is 54.6 Å². The van der Waals surface area contributed by atoms with Crippen molar-refractivity contribution in [3.05, 3.63) is 71.4 Å². The molecule has 7 nitrogen and oxygen atoms in total. The van der Waals surface area contributed by atoms with Gasteiger partial charge in [0.1, 0.15) is 12.4 Å². The predicted molar refractivity (Wildman–Crippen MR) is 111 cm³/mol. The molecule has 0 saturated heterocycles. The topological polar surface area (TPSA) is 115 Å². The smallest absolute Gasteiger partial charge is 0.247 e. The molecule has 2 atom stereocenters. The van der Waals surface area contributed by atoms with Gasteiger partial charge in [0.2, 0.25) is 11.8 Å². The zero-order chi connectivity index (χ0) is 21.3. The van der Waals surface area contributed by atoms with Crippen molar-refractivity contribution in [3.63, 3.8) is 0 Å². The fourth-order valence-electron chi connectivity index (χ4n) is 4.01. The van der Waals surface area contributed by atoms with E-state index in [-0.39, 0.29) is 6.42 Å². The number of carbonyl (C=O) groups excluding carboxylic acids is 2. The standard InChI is InChI=1S/C23H23N3O4/c1-2-16-11-14(18-5-3-4-6-20(18)25-16)13-30-17-9-7-15(8-10-17)23(22(24)28)12-19(23)21(27)26-29/h3-11,19,29H,2,12-13H2,1H3,(H2,24,28)(H,26,27)/t19-,23-/m1/s1. The van der Waals surface area contributed by atoms with E-state index in [1.54, 1.807) is 29.7 Å². The van der Waals surface area contributed by atoms with Crippen LogP contribution in [-0.2, 0) is 28.0 Å². The summed E-state index contributed by atoms with van der Waals surface area (Å²) in [5.74, 6) is -1.21. The van der Waals surface area contributed by atoms with Crippen LogP contribution in [0.4, 0.5) is 0 Å². The van der Waals surface area contributed by atoms with Crippen LogP contribution in [-0.4, -0.2) is 22.0 Å². The third-order valence-electron chi connectivity index (χ3n) is 5.81. The Hall–Kier alpha value is -3.45. The lowest BCUT2D eigenvalue weighted by Crippen LogP contribution is -2.35. The summed E-state index contributed by atoms with van der Waals surface area (Å²) in [4.78, 5) is 28.4. The van der Waals surface area contributed by atoms with E-state index in [1.165, 1.54) is 0 Å². The van der Waals surface area contributed by atoms with Crippen LogP contribution < -0.4 is 16.0 Å². The fourth-order valence-corrected chi connectivity index (χ4v) is 4.01. The van der Waals surface area contributed by atoms with Gasteiger partial charge >= 0.3 is 0 Å². The number of carbonyl (C=O) groups is 2. The minimum atomic E-state index is -1.08. The molecule has 2 amide bonds. The fraction of sp³-hybridized carbons (Fsp3) is 0.261. The number of ether oxygens (including phenoxy) is 1. The molecule has 0 spiro atoms. The van der Waals surface area contributed by atoms with Crippen molar-refractivity contribution in [1.29, 1.82) is 0 Å². The van der Waals surface area contributed by atoms with Crippen LogP contribution in [0, 0.1) is 5.92 Å². The Bertz CT molecular complexity index is 1110. The maximum absolute atomic E-state index is 12.0. The number of fused-ring (bicyclic) bond motifs is 1. The first kappa shape index (κ1) is 19.8. The Balaban J connectivity index is 1.53. The first-order chi connectivity index (χ1) is 14.5. The number of benzene rings is 2. The van der Waals surface area contributed by atoms with Crippen LogP contribution >= 0.6 is 0 Å². The quantitative estimate of drug-likeness (QED) is 0.413. The molecule has 3 aromatic rings. The molecule has 1 fully saturated rings. The first-order valence-corrected chi connectivity index (χ1v) is 9.84. The molecule has 2 aromatic carbocycles. The molecule has 1 saturated carbocycles. The molecule has 0 unspecified atom stereocenters. The van der Waals surface area contributed by atoms with Gasteiger partial charge < -0.3 is 10.5 Å². The summed E-state index contributed by atoms with van der Waals surface area (Å²) in [6.07, 6.45) is 1.11. The Kier molecular flexibility index (Phi) is 5.13. The molecular weight excluding hydrogens is 382 g/mol. The van der Waals surface area contributed by atoms with Crippen LogP contribution in [0.3, 0.4) is 0 Å². The number of amides is 2. The molecule has 0 radical (unpaired) electrons. The molecular formula is C23H23N3O4. The van der Waals surface area contributed by atoms with Gasteiger partial charge in [0, 0.05) is 16.6 Å². The Morgan fingerprint density at radius 2 is 1.97 bits per heavy atom. The average Bonchev–Trinajstić information content (AvgIpc) is 3.54. The molecule has 1 aliphatic rings. The number of pyridine rings is 1.